The topological polar surface area (TPSA) is 87.1 Å². The number of hydrogen-bond donors (Lipinski definition) is 2. The first-order valence-corrected chi connectivity index (χ1v) is 6.08. The Kier molecular flexibility index (Phi) is 2.81. The van der Waals surface area contributed by atoms with E-state index in [1.807, 2.05) is 0 Å². The minimum atomic E-state index is -1.07. The summed E-state index contributed by atoms with van der Waals surface area (Å²) in [6.45, 7) is 5.20. The monoisotopic (exact) mass is 257 g/mol. The molecular weight excluding hydrogens is 238 g/mol. The van der Waals surface area contributed by atoms with Crippen LogP contribution in [0.2, 0.25) is 0 Å². The fourth-order valence-electron chi connectivity index (χ4n) is 2.60. The minimum Gasteiger partial charge on any atom is -0.480 e. The quantitative estimate of drug-likeness (QED) is 0.726. The number of carboxylic acid groups (broad SMARTS) is 1. The van der Waals surface area contributed by atoms with E-state index in [0.717, 1.165) is 4.90 Å². The van der Waals surface area contributed by atoms with Crippen LogP contribution in [-0.2, 0) is 9.53 Å². The Bertz CT molecular complexity index is 382. The molecule has 1 aliphatic carbocycles. The van der Waals surface area contributed by atoms with Gasteiger partial charge in [0, 0.05) is 5.41 Å². The van der Waals surface area contributed by atoms with Crippen molar-refractivity contribution in [3.63, 3.8) is 0 Å². The largest absolute Gasteiger partial charge is 0.480 e. The summed E-state index contributed by atoms with van der Waals surface area (Å²) in [4.78, 5) is 24.4. The number of carbonyl (C=O) groups excluding carboxylic acids is 1. The average Bonchev–Trinajstić information content (AvgIpc) is 2.87. The van der Waals surface area contributed by atoms with Gasteiger partial charge in [-0.3, -0.25) is 4.90 Å². The molecule has 2 aliphatic rings. The third-order valence-electron chi connectivity index (χ3n) is 3.58. The van der Waals surface area contributed by atoms with E-state index in [2.05, 4.69) is 0 Å². The van der Waals surface area contributed by atoms with Crippen LogP contribution in [0.25, 0.3) is 0 Å². The van der Waals surface area contributed by atoms with Crippen molar-refractivity contribution in [1.29, 1.82) is 0 Å². The van der Waals surface area contributed by atoms with E-state index < -0.39 is 35.2 Å². The smallest absolute Gasteiger partial charge is 0.411 e. The van der Waals surface area contributed by atoms with E-state index in [1.54, 1.807) is 20.8 Å². The fraction of sp³-hybridized carbons (Fsp3) is 0.833. The molecule has 2 rings (SSSR count). The Balaban J connectivity index is 2.18. The Morgan fingerprint density at radius 1 is 1.33 bits per heavy atom. The van der Waals surface area contributed by atoms with E-state index in [9.17, 15) is 19.8 Å². The zero-order valence-electron chi connectivity index (χ0n) is 10.8. The van der Waals surface area contributed by atoms with Crippen LogP contribution in [0.1, 0.15) is 33.6 Å². The summed E-state index contributed by atoms with van der Waals surface area (Å²) >= 11 is 0. The highest BCUT2D eigenvalue weighted by Gasteiger charge is 2.65. The summed E-state index contributed by atoms with van der Waals surface area (Å²) in [6, 6.07) is -0.970. The average molecular weight is 257 g/mol. The van der Waals surface area contributed by atoms with Crippen LogP contribution in [0.3, 0.4) is 0 Å². The van der Waals surface area contributed by atoms with Gasteiger partial charge in [0.05, 0.1) is 12.6 Å². The van der Waals surface area contributed by atoms with E-state index in [4.69, 9.17) is 4.74 Å². The number of hydrogen-bond acceptors (Lipinski definition) is 4. The first kappa shape index (κ1) is 13.1. The lowest BCUT2D eigenvalue weighted by Crippen LogP contribution is -2.46. The van der Waals surface area contributed by atoms with Crippen LogP contribution in [0, 0.1) is 5.41 Å². The maximum absolute atomic E-state index is 12.0. The number of rotatable bonds is 1. The van der Waals surface area contributed by atoms with Crippen molar-refractivity contribution in [2.24, 2.45) is 5.41 Å². The van der Waals surface area contributed by atoms with Gasteiger partial charge in [0.2, 0.25) is 0 Å². The molecule has 0 aromatic carbocycles. The van der Waals surface area contributed by atoms with Gasteiger partial charge in [-0.2, -0.15) is 0 Å². The fourth-order valence-corrected chi connectivity index (χ4v) is 2.60. The summed E-state index contributed by atoms with van der Waals surface area (Å²) in [5.41, 5.74) is -1.33. The van der Waals surface area contributed by atoms with Crippen LogP contribution >= 0.6 is 0 Å². The predicted octanol–water partition coefficient (Wildman–Crippen LogP) is 0.831. The van der Waals surface area contributed by atoms with E-state index in [-0.39, 0.29) is 6.54 Å². The van der Waals surface area contributed by atoms with Gasteiger partial charge in [-0.15, -0.1) is 0 Å². The van der Waals surface area contributed by atoms with Crippen molar-refractivity contribution in [3.8, 4) is 0 Å². The van der Waals surface area contributed by atoms with Crippen molar-refractivity contribution in [1.82, 2.24) is 4.90 Å². The molecule has 1 aliphatic heterocycles. The van der Waals surface area contributed by atoms with Crippen LogP contribution in [0.15, 0.2) is 0 Å². The van der Waals surface area contributed by atoms with Crippen molar-refractivity contribution >= 4 is 12.1 Å². The number of ether oxygens (including phenoxy) is 1. The number of nitrogens with zero attached hydrogens (tertiary/aromatic N) is 1. The molecule has 0 aromatic heterocycles. The first-order chi connectivity index (χ1) is 8.17. The van der Waals surface area contributed by atoms with Crippen LogP contribution in [0.4, 0.5) is 4.79 Å². The SMILES string of the molecule is CC(C)(C)OC(=O)N1C[C@H](O)C2(CC2)[C@H]1C(=O)O. The van der Waals surface area contributed by atoms with Crippen LogP contribution < -0.4 is 0 Å². The summed E-state index contributed by atoms with van der Waals surface area (Å²) < 4.78 is 5.18. The maximum atomic E-state index is 12.0. The van der Waals surface area contributed by atoms with E-state index in [0.29, 0.717) is 12.8 Å². The summed E-state index contributed by atoms with van der Waals surface area (Å²) in [5, 5.41) is 19.2. The molecule has 0 unspecified atom stereocenters. The standard InChI is InChI=1S/C12H19NO5/c1-11(2,3)18-10(17)13-6-7(14)12(4-5-12)8(13)9(15)16/h7-8,14H,4-6H2,1-3H3,(H,15,16)/t7-,8+/m0/s1. The van der Waals surface area contributed by atoms with Gasteiger partial charge < -0.3 is 14.9 Å². The van der Waals surface area contributed by atoms with Gasteiger partial charge >= 0.3 is 12.1 Å². The highest BCUT2D eigenvalue weighted by molar-refractivity contribution is 5.83. The lowest BCUT2D eigenvalue weighted by atomic mass is 9.95. The molecule has 6 nitrogen and oxygen atoms in total. The number of aliphatic hydroxyl groups excluding tert-OH is 1. The predicted molar refractivity (Wildman–Crippen MR) is 62.0 cm³/mol. The number of amides is 1. The van der Waals surface area contributed by atoms with Gasteiger partial charge in [-0.05, 0) is 33.6 Å². The van der Waals surface area contributed by atoms with E-state index >= 15 is 0 Å². The molecule has 1 saturated carbocycles. The van der Waals surface area contributed by atoms with Gasteiger partial charge in [0.1, 0.15) is 11.6 Å². The number of aliphatic hydroxyl groups is 1. The minimum absolute atomic E-state index is 0.0336. The van der Waals surface area contributed by atoms with Crippen molar-refractivity contribution < 1.29 is 24.5 Å². The number of carbonyl (C=O) groups is 2. The summed E-state index contributed by atoms with van der Waals surface area (Å²) in [5.74, 6) is -1.07. The molecule has 6 heteroatoms. The molecule has 0 bridgehead atoms. The Hall–Kier alpha value is -1.30. The molecule has 1 saturated heterocycles. The van der Waals surface area contributed by atoms with Crippen LogP contribution in [0.5, 0.6) is 0 Å². The van der Waals surface area contributed by atoms with Gasteiger partial charge in [-0.25, -0.2) is 9.59 Å². The molecule has 1 heterocycles. The zero-order chi connectivity index (χ0) is 13.7. The highest BCUT2D eigenvalue weighted by atomic mass is 16.6. The van der Waals surface area contributed by atoms with Gasteiger partial charge in [0.15, 0.2) is 0 Å². The second kappa shape index (κ2) is 3.85. The molecule has 1 amide bonds. The number of carboxylic acids is 1. The second-order valence-corrected chi connectivity index (χ2v) is 6.12. The molecule has 0 radical (unpaired) electrons. The van der Waals surface area contributed by atoms with Gasteiger partial charge in [0.25, 0.3) is 0 Å². The third kappa shape index (κ3) is 2.05. The maximum Gasteiger partial charge on any atom is 0.411 e. The lowest BCUT2D eigenvalue weighted by Gasteiger charge is -2.28. The van der Waals surface area contributed by atoms with E-state index in [1.165, 1.54) is 0 Å². The number of β-amino-alcohol motifs (C(OH)–C–C–N with tert-alkyl or cyclic N) is 1. The Labute approximate surface area is 106 Å². The Morgan fingerprint density at radius 3 is 2.28 bits per heavy atom. The normalized spacial score (nSPS) is 29.4. The molecule has 2 fully saturated rings. The molecule has 1 spiro atoms. The molecular formula is C12H19NO5. The van der Waals surface area contributed by atoms with Crippen molar-refractivity contribution in [2.75, 3.05) is 6.54 Å². The zero-order valence-corrected chi connectivity index (χ0v) is 10.8. The molecule has 102 valence electrons. The number of aliphatic carboxylic acids is 1. The second-order valence-electron chi connectivity index (χ2n) is 6.12. The number of likely N-dealkylation sites (tertiary alicyclic amines) is 1. The first-order valence-electron chi connectivity index (χ1n) is 6.08. The highest BCUT2D eigenvalue weighted by Crippen LogP contribution is 2.57. The molecule has 18 heavy (non-hydrogen) atoms. The van der Waals surface area contributed by atoms with Crippen molar-refractivity contribution in [3.05, 3.63) is 0 Å². The molecule has 2 atom stereocenters. The summed E-state index contributed by atoms with van der Waals surface area (Å²) in [6.07, 6.45) is -0.154. The Morgan fingerprint density at radius 2 is 1.89 bits per heavy atom. The third-order valence-corrected chi connectivity index (χ3v) is 3.58. The van der Waals surface area contributed by atoms with Gasteiger partial charge in [-0.1, -0.05) is 0 Å². The van der Waals surface area contributed by atoms with Crippen molar-refractivity contribution in [2.45, 2.75) is 51.4 Å². The van der Waals surface area contributed by atoms with Crippen LogP contribution in [-0.4, -0.2) is 51.5 Å². The molecule has 0 aromatic rings. The summed E-state index contributed by atoms with van der Waals surface area (Å²) in [7, 11) is 0. The lowest BCUT2D eigenvalue weighted by molar-refractivity contribution is -0.144. The molecule has 2 N–H and O–H groups in total.